The molecule has 0 fully saturated rings. The molecule has 1 unspecified atom stereocenters. The Hall–Kier alpha value is -1.90. The van der Waals surface area contributed by atoms with Gasteiger partial charge in [-0.3, -0.25) is 5.32 Å². The van der Waals surface area contributed by atoms with Gasteiger partial charge in [0.25, 0.3) is 0 Å². The van der Waals surface area contributed by atoms with Crippen molar-refractivity contribution in [2.75, 3.05) is 0 Å². The Kier molecular flexibility index (Phi) is 4.61. The largest absolute Gasteiger partial charge is 0.310 e. The molecule has 0 amide bonds. The molecular formula is C19H24N2. The lowest BCUT2D eigenvalue weighted by Gasteiger charge is -2.38. The van der Waals surface area contributed by atoms with E-state index in [1.807, 2.05) is 36.4 Å². The summed E-state index contributed by atoms with van der Waals surface area (Å²) in [5.41, 5.74) is 8.03. The van der Waals surface area contributed by atoms with Crippen molar-refractivity contribution in [1.82, 2.24) is 5.32 Å². The van der Waals surface area contributed by atoms with Crippen LogP contribution in [0.1, 0.15) is 25.0 Å². The zero-order valence-corrected chi connectivity index (χ0v) is 12.8. The van der Waals surface area contributed by atoms with Gasteiger partial charge in [-0.15, -0.1) is 0 Å². The highest BCUT2D eigenvalue weighted by molar-refractivity contribution is 5.26. The van der Waals surface area contributed by atoms with Crippen molar-refractivity contribution in [2.24, 2.45) is 5.73 Å². The normalized spacial score (nSPS) is 14.4. The standard InChI is InChI=1S/C19H24N2/c1-4-19(20,15-16-11-7-5-8-12-16)21-18(2,3)17-13-9-6-10-14-17/h4-14,21H,1,15,20H2,2-3H3. The van der Waals surface area contributed by atoms with Crippen molar-refractivity contribution in [3.63, 3.8) is 0 Å². The molecule has 0 bridgehead atoms. The number of rotatable bonds is 6. The first kappa shape index (κ1) is 15.5. The molecule has 1 atom stereocenters. The van der Waals surface area contributed by atoms with Crippen LogP contribution in [-0.4, -0.2) is 5.66 Å². The molecule has 2 aromatic carbocycles. The highest BCUT2D eigenvalue weighted by Crippen LogP contribution is 2.23. The minimum absolute atomic E-state index is 0.237. The van der Waals surface area contributed by atoms with E-state index in [0.29, 0.717) is 6.42 Å². The Labute approximate surface area is 127 Å². The molecule has 2 aromatic rings. The summed E-state index contributed by atoms with van der Waals surface area (Å²) in [5, 5.41) is 3.54. The number of hydrogen-bond acceptors (Lipinski definition) is 2. The summed E-state index contributed by atoms with van der Waals surface area (Å²) >= 11 is 0. The second-order valence-electron chi connectivity index (χ2n) is 6.02. The molecule has 3 N–H and O–H groups in total. The molecule has 0 spiro atoms. The fourth-order valence-electron chi connectivity index (χ4n) is 2.61. The van der Waals surface area contributed by atoms with Gasteiger partial charge in [-0.1, -0.05) is 73.3 Å². The summed E-state index contributed by atoms with van der Waals surface area (Å²) in [6, 6.07) is 20.6. The lowest BCUT2D eigenvalue weighted by Crippen LogP contribution is -2.59. The fraction of sp³-hybridized carbons (Fsp3) is 0.263. The lowest BCUT2D eigenvalue weighted by atomic mass is 9.90. The monoisotopic (exact) mass is 280 g/mol. The molecule has 0 heterocycles. The van der Waals surface area contributed by atoms with E-state index in [0.717, 1.165) is 0 Å². The van der Waals surface area contributed by atoms with E-state index in [4.69, 9.17) is 5.73 Å². The van der Waals surface area contributed by atoms with Gasteiger partial charge in [0, 0.05) is 12.0 Å². The van der Waals surface area contributed by atoms with E-state index in [-0.39, 0.29) is 5.54 Å². The third kappa shape index (κ3) is 4.03. The van der Waals surface area contributed by atoms with Gasteiger partial charge in [-0.05, 0) is 25.0 Å². The van der Waals surface area contributed by atoms with Crippen LogP contribution in [0.4, 0.5) is 0 Å². The van der Waals surface area contributed by atoms with E-state index >= 15 is 0 Å². The number of benzene rings is 2. The van der Waals surface area contributed by atoms with Crippen LogP contribution >= 0.6 is 0 Å². The van der Waals surface area contributed by atoms with Crippen molar-refractivity contribution in [3.8, 4) is 0 Å². The number of nitrogens with one attached hydrogen (secondary N) is 1. The molecule has 21 heavy (non-hydrogen) atoms. The van der Waals surface area contributed by atoms with Gasteiger partial charge >= 0.3 is 0 Å². The van der Waals surface area contributed by atoms with Gasteiger partial charge in [-0.25, -0.2) is 0 Å². The van der Waals surface area contributed by atoms with Crippen LogP contribution in [0.25, 0.3) is 0 Å². The maximum Gasteiger partial charge on any atom is 0.0899 e. The van der Waals surface area contributed by atoms with E-state index in [1.54, 1.807) is 6.08 Å². The Bertz CT molecular complexity index is 575. The maximum absolute atomic E-state index is 6.52. The predicted octanol–water partition coefficient (Wildman–Crippen LogP) is 3.60. The summed E-state index contributed by atoms with van der Waals surface area (Å²) in [6.45, 7) is 8.19. The summed E-state index contributed by atoms with van der Waals surface area (Å²) < 4.78 is 0. The van der Waals surface area contributed by atoms with Crippen LogP contribution in [-0.2, 0) is 12.0 Å². The smallest absolute Gasteiger partial charge is 0.0899 e. The van der Waals surface area contributed by atoms with Crippen LogP contribution in [0.5, 0.6) is 0 Å². The second-order valence-corrected chi connectivity index (χ2v) is 6.02. The zero-order chi connectivity index (χ0) is 15.3. The molecule has 0 aliphatic heterocycles. The number of nitrogens with two attached hydrogens (primary N) is 1. The quantitative estimate of drug-likeness (QED) is 0.627. The zero-order valence-electron chi connectivity index (χ0n) is 12.8. The van der Waals surface area contributed by atoms with Gasteiger partial charge < -0.3 is 5.73 Å². The second kappa shape index (κ2) is 6.25. The summed E-state index contributed by atoms with van der Waals surface area (Å²) in [6.07, 6.45) is 2.50. The molecule has 0 aliphatic rings. The molecule has 0 aliphatic carbocycles. The van der Waals surface area contributed by atoms with Crippen molar-refractivity contribution >= 4 is 0 Å². The van der Waals surface area contributed by atoms with Crippen LogP contribution in [0.2, 0.25) is 0 Å². The van der Waals surface area contributed by atoms with Gasteiger partial charge in [-0.2, -0.15) is 0 Å². The average Bonchev–Trinajstić information content (AvgIpc) is 2.48. The maximum atomic E-state index is 6.52. The topological polar surface area (TPSA) is 38.0 Å². The van der Waals surface area contributed by atoms with Gasteiger partial charge in [0.1, 0.15) is 0 Å². The van der Waals surface area contributed by atoms with Crippen molar-refractivity contribution < 1.29 is 0 Å². The third-order valence-electron chi connectivity index (χ3n) is 3.74. The SMILES string of the molecule is C=CC(N)(Cc1ccccc1)NC(C)(C)c1ccccc1. The minimum atomic E-state index is -0.652. The molecule has 0 saturated heterocycles. The lowest BCUT2D eigenvalue weighted by molar-refractivity contribution is 0.281. The Morgan fingerprint density at radius 3 is 2.05 bits per heavy atom. The van der Waals surface area contributed by atoms with Crippen LogP contribution in [0.3, 0.4) is 0 Å². The van der Waals surface area contributed by atoms with Gasteiger partial charge in [0.05, 0.1) is 5.66 Å². The first-order valence-electron chi connectivity index (χ1n) is 7.26. The van der Waals surface area contributed by atoms with E-state index < -0.39 is 5.66 Å². The molecule has 2 rings (SSSR count). The van der Waals surface area contributed by atoms with E-state index in [1.165, 1.54) is 11.1 Å². The highest BCUT2D eigenvalue weighted by Gasteiger charge is 2.30. The Morgan fingerprint density at radius 1 is 1.00 bits per heavy atom. The summed E-state index contributed by atoms with van der Waals surface area (Å²) in [7, 11) is 0. The number of hydrogen-bond donors (Lipinski definition) is 2. The molecule has 110 valence electrons. The summed E-state index contributed by atoms with van der Waals surface area (Å²) in [4.78, 5) is 0. The van der Waals surface area contributed by atoms with Crippen molar-refractivity contribution in [1.29, 1.82) is 0 Å². The van der Waals surface area contributed by atoms with Crippen LogP contribution in [0, 0.1) is 0 Å². The van der Waals surface area contributed by atoms with Crippen LogP contribution in [0.15, 0.2) is 73.3 Å². The molecule has 0 saturated carbocycles. The minimum Gasteiger partial charge on any atom is -0.310 e. The molecule has 2 heteroatoms. The van der Waals surface area contributed by atoms with Gasteiger partial charge in [0.2, 0.25) is 0 Å². The molecule has 0 aromatic heterocycles. The summed E-state index contributed by atoms with van der Waals surface area (Å²) in [5.74, 6) is 0. The fourth-order valence-corrected chi connectivity index (χ4v) is 2.61. The Morgan fingerprint density at radius 2 is 1.52 bits per heavy atom. The van der Waals surface area contributed by atoms with Crippen molar-refractivity contribution in [3.05, 3.63) is 84.4 Å². The molecule has 0 radical (unpaired) electrons. The molecular weight excluding hydrogens is 256 g/mol. The van der Waals surface area contributed by atoms with Gasteiger partial charge in [0.15, 0.2) is 0 Å². The highest BCUT2D eigenvalue weighted by atomic mass is 15.1. The van der Waals surface area contributed by atoms with E-state index in [9.17, 15) is 0 Å². The third-order valence-corrected chi connectivity index (χ3v) is 3.74. The van der Waals surface area contributed by atoms with Crippen molar-refractivity contribution in [2.45, 2.75) is 31.5 Å². The first-order chi connectivity index (χ1) is 9.95. The van der Waals surface area contributed by atoms with Crippen LogP contribution < -0.4 is 11.1 Å². The van der Waals surface area contributed by atoms with E-state index in [2.05, 4.69) is 50.0 Å². The Balaban J connectivity index is 2.19. The predicted molar refractivity (Wildman–Crippen MR) is 89.9 cm³/mol. The average molecular weight is 280 g/mol. The molecule has 2 nitrogen and oxygen atoms in total. The first-order valence-corrected chi connectivity index (χ1v) is 7.26.